The average molecular weight is 532 g/mol. The molecule has 1 heterocycles. The summed E-state index contributed by atoms with van der Waals surface area (Å²) in [6.07, 6.45) is 1.59. The number of hydrogen-bond donors (Lipinski definition) is 1. The van der Waals surface area contributed by atoms with Crippen LogP contribution in [0.15, 0.2) is 77.7 Å². The van der Waals surface area contributed by atoms with Crippen LogP contribution < -0.4 is 10.1 Å². The number of nitro groups is 1. The number of carbonyl (C=O) groups is 3. The highest BCUT2D eigenvalue weighted by Gasteiger charge is 2.36. The van der Waals surface area contributed by atoms with Crippen molar-refractivity contribution in [2.75, 3.05) is 11.9 Å². The molecule has 1 aliphatic heterocycles. The molecule has 38 heavy (non-hydrogen) atoms. The van der Waals surface area contributed by atoms with E-state index >= 15 is 0 Å². The molecule has 3 aromatic carbocycles. The van der Waals surface area contributed by atoms with Crippen LogP contribution in [0.5, 0.6) is 5.75 Å². The van der Waals surface area contributed by atoms with E-state index in [1.165, 1.54) is 12.1 Å². The average Bonchev–Trinajstić information content (AvgIpc) is 3.16. The van der Waals surface area contributed by atoms with E-state index in [0.29, 0.717) is 22.9 Å². The standard InChI is InChI=1S/C28H25N3O6S/c1-18(2)21-7-9-22(10-8-21)29-26(32)16-30-27(33)25(38-28(30)34)15-19-5-13-24(14-6-19)37-17-20-3-11-23(12-4-20)31(35)36/h3-15,18H,16-17H2,1-2H3,(H,29,32)/b25-15+. The van der Waals surface area contributed by atoms with Gasteiger partial charge in [-0.2, -0.15) is 0 Å². The molecule has 0 radical (unpaired) electrons. The van der Waals surface area contributed by atoms with Crippen LogP contribution in [0.2, 0.25) is 0 Å². The highest BCUT2D eigenvalue weighted by molar-refractivity contribution is 8.18. The van der Waals surface area contributed by atoms with Crippen LogP contribution in [0.3, 0.4) is 0 Å². The smallest absolute Gasteiger partial charge is 0.294 e. The van der Waals surface area contributed by atoms with Crippen LogP contribution >= 0.6 is 11.8 Å². The maximum Gasteiger partial charge on any atom is 0.294 e. The van der Waals surface area contributed by atoms with E-state index in [2.05, 4.69) is 19.2 Å². The van der Waals surface area contributed by atoms with E-state index in [9.17, 15) is 24.5 Å². The van der Waals surface area contributed by atoms with E-state index in [1.54, 1.807) is 54.6 Å². The van der Waals surface area contributed by atoms with Crippen LogP contribution in [0.4, 0.5) is 16.2 Å². The number of rotatable bonds is 9. The van der Waals surface area contributed by atoms with Gasteiger partial charge in [0.1, 0.15) is 18.9 Å². The van der Waals surface area contributed by atoms with E-state index < -0.39 is 22.0 Å². The molecular weight excluding hydrogens is 506 g/mol. The normalized spacial score (nSPS) is 14.3. The second-order valence-corrected chi connectivity index (χ2v) is 9.87. The SMILES string of the molecule is CC(C)c1ccc(NC(=O)CN2C(=O)S/C(=C/c3ccc(OCc4ccc([N+](=O)[O-])cc4)cc3)C2=O)cc1. The van der Waals surface area contributed by atoms with Gasteiger partial charge < -0.3 is 10.1 Å². The lowest BCUT2D eigenvalue weighted by molar-refractivity contribution is -0.384. The Hall–Kier alpha value is -4.44. The maximum atomic E-state index is 12.8. The molecule has 3 amide bonds. The second-order valence-electron chi connectivity index (χ2n) is 8.87. The molecule has 0 atom stereocenters. The van der Waals surface area contributed by atoms with Crippen molar-refractivity contribution < 1.29 is 24.0 Å². The Morgan fingerprint density at radius 1 is 1.03 bits per heavy atom. The Balaban J connectivity index is 1.32. The number of amides is 3. The van der Waals surface area contributed by atoms with Crippen molar-refractivity contribution in [3.63, 3.8) is 0 Å². The van der Waals surface area contributed by atoms with Gasteiger partial charge in [-0.15, -0.1) is 0 Å². The lowest BCUT2D eigenvalue weighted by Crippen LogP contribution is -2.36. The predicted octanol–water partition coefficient (Wildman–Crippen LogP) is 5.97. The van der Waals surface area contributed by atoms with Crippen molar-refractivity contribution in [1.82, 2.24) is 4.90 Å². The molecule has 194 valence electrons. The van der Waals surface area contributed by atoms with E-state index in [0.717, 1.165) is 27.8 Å². The number of non-ortho nitro benzene ring substituents is 1. The van der Waals surface area contributed by atoms with Gasteiger partial charge in [0.15, 0.2) is 0 Å². The van der Waals surface area contributed by atoms with Gasteiger partial charge in [0.05, 0.1) is 9.83 Å². The Morgan fingerprint density at radius 3 is 2.29 bits per heavy atom. The molecule has 1 N–H and O–H groups in total. The molecule has 1 saturated heterocycles. The van der Waals surface area contributed by atoms with E-state index in [4.69, 9.17) is 4.74 Å². The first-order valence-electron chi connectivity index (χ1n) is 11.8. The summed E-state index contributed by atoms with van der Waals surface area (Å²) in [4.78, 5) is 49.1. The molecule has 0 unspecified atom stereocenters. The Bertz CT molecular complexity index is 1380. The number of nitrogens with one attached hydrogen (secondary N) is 1. The number of hydrogen-bond acceptors (Lipinski definition) is 7. The zero-order chi connectivity index (χ0) is 27.2. The minimum Gasteiger partial charge on any atom is -0.489 e. The van der Waals surface area contributed by atoms with Crippen molar-refractivity contribution >= 4 is 46.3 Å². The number of nitro benzene ring substituents is 1. The Labute approximate surface area is 223 Å². The first-order valence-corrected chi connectivity index (χ1v) is 12.6. The predicted molar refractivity (Wildman–Crippen MR) is 146 cm³/mol. The Kier molecular flexibility index (Phi) is 8.22. The van der Waals surface area contributed by atoms with Crippen molar-refractivity contribution in [1.29, 1.82) is 0 Å². The summed E-state index contributed by atoms with van der Waals surface area (Å²) in [5, 5.41) is 13.0. The number of imide groups is 1. The summed E-state index contributed by atoms with van der Waals surface area (Å²) >= 11 is 0.784. The van der Waals surface area contributed by atoms with Crippen molar-refractivity contribution in [3.8, 4) is 5.75 Å². The fourth-order valence-corrected chi connectivity index (χ4v) is 4.46. The molecule has 4 rings (SSSR count). The first kappa shape index (κ1) is 26.6. The highest BCUT2D eigenvalue weighted by atomic mass is 32.2. The van der Waals surface area contributed by atoms with Gasteiger partial charge in [-0.3, -0.25) is 29.4 Å². The van der Waals surface area contributed by atoms with E-state index in [1.807, 2.05) is 12.1 Å². The summed E-state index contributed by atoms with van der Waals surface area (Å²) in [5.74, 6) is -0.0381. The molecule has 0 bridgehead atoms. The molecule has 1 fully saturated rings. The summed E-state index contributed by atoms with van der Waals surface area (Å²) in [6, 6.07) is 20.5. The monoisotopic (exact) mass is 531 g/mol. The quantitative estimate of drug-likeness (QED) is 0.205. The van der Waals surface area contributed by atoms with Gasteiger partial charge in [0, 0.05) is 17.8 Å². The largest absolute Gasteiger partial charge is 0.489 e. The zero-order valence-corrected chi connectivity index (χ0v) is 21.6. The molecule has 3 aromatic rings. The lowest BCUT2D eigenvalue weighted by atomic mass is 10.0. The first-order chi connectivity index (χ1) is 18.2. The molecule has 10 heteroatoms. The fraction of sp³-hybridized carbons (Fsp3) is 0.179. The number of carbonyl (C=O) groups excluding carboxylic acids is 3. The van der Waals surface area contributed by atoms with Crippen LogP contribution in [0, 0.1) is 10.1 Å². The van der Waals surface area contributed by atoms with Gasteiger partial charge >= 0.3 is 0 Å². The van der Waals surface area contributed by atoms with Crippen LogP contribution in [0.1, 0.15) is 36.5 Å². The maximum absolute atomic E-state index is 12.8. The van der Waals surface area contributed by atoms with Crippen molar-refractivity contribution in [2.45, 2.75) is 26.4 Å². The van der Waals surface area contributed by atoms with Crippen LogP contribution in [-0.4, -0.2) is 33.4 Å². The van der Waals surface area contributed by atoms with Gasteiger partial charge in [0.2, 0.25) is 5.91 Å². The van der Waals surface area contributed by atoms with Gasteiger partial charge in [-0.1, -0.05) is 38.1 Å². The molecular formula is C28H25N3O6S. The third kappa shape index (κ3) is 6.65. The number of benzene rings is 3. The summed E-state index contributed by atoms with van der Waals surface area (Å²) < 4.78 is 5.71. The van der Waals surface area contributed by atoms with Gasteiger partial charge in [0.25, 0.3) is 16.8 Å². The topological polar surface area (TPSA) is 119 Å². The highest BCUT2D eigenvalue weighted by Crippen LogP contribution is 2.32. The third-order valence-corrected chi connectivity index (χ3v) is 6.67. The lowest BCUT2D eigenvalue weighted by Gasteiger charge is -2.13. The van der Waals surface area contributed by atoms with Crippen LogP contribution in [-0.2, 0) is 16.2 Å². The third-order valence-electron chi connectivity index (χ3n) is 5.77. The molecule has 0 saturated carbocycles. The molecule has 9 nitrogen and oxygen atoms in total. The van der Waals surface area contributed by atoms with Crippen LogP contribution in [0.25, 0.3) is 6.08 Å². The molecule has 0 aliphatic carbocycles. The summed E-state index contributed by atoms with van der Waals surface area (Å²) in [6.45, 7) is 4.02. The minimum atomic E-state index is -0.524. The number of ether oxygens (including phenoxy) is 1. The van der Waals surface area contributed by atoms with Gasteiger partial charge in [-0.25, -0.2) is 0 Å². The number of anilines is 1. The summed E-state index contributed by atoms with van der Waals surface area (Å²) in [7, 11) is 0. The number of thioether (sulfide) groups is 1. The van der Waals surface area contributed by atoms with Crippen molar-refractivity contribution in [2.24, 2.45) is 0 Å². The summed E-state index contributed by atoms with van der Waals surface area (Å²) in [5.41, 5.74) is 3.22. The minimum absolute atomic E-state index is 0.0135. The molecule has 0 spiro atoms. The fourth-order valence-electron chi connectivity index (χ4n) is 3.62. The molecule has 1 aliphatic rings. The second kappa shape index (κ2) is 11.7. The molecule has 0 aromatic heterocycles. The number of nitrogens with zero attached hydrogens (tertiary/aromatic N) is 2. The zero-order valence-electron chi connectivity index (χ0n) is 20.7. The van der Waals surface area contributed by atoms with Gasteiger partial charge in [-0.05, 0) is 76.8 Å². The van der Waals surface area contributed by atoms with Crippen molar-refractivity contribution in [3.05, 3.63) is 105 Å². The Morgan fingerprint density at radius 2 is 1.68 bits per heavy atom. The van der Waals surface area contributed by atoms with E-state index in [-0.39, 0.29) is 23.7 Å².